The molecule has 2 rings (SSSR count). The van der Waals surface area contributed by atoms with Crippen molar-refractivity contribution in [3.05, 3.63) is 41.6 Å². The Balaban J connectivity index is 2.57. The molecule has 0 amide bonds. The molecule has 2 aromatic rings. The van der Waals surface area contributed by atoms with Gasteiger partial charge in [-0.1, -0.05) is 6.07 Å². The van der Waals surface area contributed by atoms with E-state index in [4.69, 9.17) is 5.11 Å². The normalized spacial score (nSPS) is 10.3. The van der Waals surface area contributed by atoms with E-state index in [9.17, 15) is 9.59 Å². The van der Waals surface area contributed by atoms with Gasteiger partial charge < -0.3 is 5.11 Å². The van der Waals surface area contributed by atoms with Gasteiger partial charge in [0.15, 0.2) is 0 Å². The lowest BCUT2D eigenvalue weighted by Gasteiger charge is -2.01. The average Bonchev–Trinajstić information content (AvgIpc) is 2.27. The van der Waals surface area contributed by atoms with Crippen LogP contribution in [0.25, 0.3) is 10.9 Å². The fourth-order valence-electron chi connectivity index (χ4n) is 1.49. The van der Waals surface area contributed by atoms with E-state index in [1.807, 2.05) is 19.1 Å². The van der Waals surface area contributed by atoms with Gasteiger partial charge in [0.2, 0.25) is 0 Å². The van der Waals surface area contributed by atoms with E-state index in [2.05, 4.69) is 4.98 Å². The Hall–Kier alpha value is -2.23. The fraction of sp³-hybridized carbons (Fsp3) is 0.0833. The van der Waals surface area contributed by atoms with Crippen molar-refractivity contribution in [3.63, 3.8) is 0 Å². The van der Waals surface area contributed by atoms with Crippen LogP contribution in [0, 0.1) is 6.92 Å². The van der Waals surface area contributed by atoms with Gasteiger partial charge in [-0.3, -0.25) is 9.78 Å². The molecule has 1 N–H and O–H groups in total. The number of hydrogen-bond acceptors (Lipinski definition) is 3. The maximum Gasteiger partial charge on any atom is 0.377 e. The number of Topliss-reactive ketones (excluding diaryl/α,β-unsaturated/α-hetero) is 1. The lowest BCUT2D eigenvalue weighted by molar-refractivity contribution is -0.131. The van der Waals surface area contributed by atoms with Crippen LogP contribution in [0.3, 0.4) is 0 Å². The monoisotopic (exact) mass is 215 g/mol. The highest BCUT2D eigenvalue weighted by Gasteiger charge is 2.14. The number of pyridine rings is 1. The van der Waals surface area contributed by atoms with E-state index < -0.39 is 11.8 Å². The second kappa shape index (κ2) is 3.73. The molecule has 4 nitrogen and oxygen atoms in total. The molecule has 0 radical (unpaired) electrons. The minimum atomic E-state index is -1.44. The molecule has 0 fully saturated rings. The summed E-state index contributed by atoms with van der Waals surface area (Å²) in [6.45, 7) is 1.87. The van der Waals surface area contributed by atoms with Crippen LogP contribution in [0.1, 0.15) is 16.1 Å². The first-order chi connectivity index (χ1) is 7.58. The third kappa shape index (κ3) is 1.77. The van der Waals surface area contributed by atoms with Crippen molar-refractivity contribution in [3.8, 4) is 0 Å². The van der Waals surface area contributed by atoms with Crippen LogP contribution in [-0.2, 0) is 4.79 Å². The standard InChI is InChI=1S/C12H9NO3/c1-7-2-3-8-6-9(11(14)12(15)16)4-5-10(8)13-7/h2-6H,1H3,(H,15,16). The van der Waals surface area contributed by atoms with E-state index in [-0.39, 0.29) is 5.56 Å². The smallest absolute Gasteiger partial charge is 0.377 e. The zero-order valence-corrected chi connectivity index (χ0v) is 8.60. The molecule has 0 unspecified atom stereocenters. The van der Waals surface area contributed by atoms with Crippen molar-refractivity contribution in [1.29, 1.82) is 0 Å². The third-order valence-corrected chi connectivity index (χ3v) is 2.28. The van der Waals surface area contributed by atoms with Crippen LogP contribution in [0.4, 0.5) is 0 Å². The number of fused-ring (bicyclic) bond motifs is 1. The Morgan fingerprint density at radius 2 is 1.94 bits per heavy atom. The largest absolute Gasteiger partial charge is 0.475 e. The SMILES string of the molecule is Cc1ccc2cc(C(=O)C(=O)O)ccc2n1. The molecule has 4 heteroatoms. The number of aromatic nitrogens is 1. The van der Waals surface area contributed by atoms with Gasteiger partial charge >= 0.3 is 5.97 Å². The number of ketones is 1. The number of hydrogen-bond donors (Lipinski definition) is 1. The molecule has 0 saturated heterocycles. The van der Waals surface area contributed by atoms with Gasteiger partial charge in [0.25, 0.3) is 5.78 Å². The number of carbonyl (C=O) groups is 2. The number of carbonyl (C=O) groups excluding carboxylic acids is 1. The molecule has 1 heterocycles. The van der Waals surface area contributed by atoms with Crippen LogP contribution in [0.5, 0.6) is 0 Å². The molecule has 16 heavy (non-hydrogen) atoms. The number of carboxylic acids is 1. The Labute approximate surface area is 91.5 Å². The van der Waals surface area contributed by atoms with Gasteiger partial charge in [-0.05, 0) is 31.2 Å². The predicted molar refractivity (Wildman–Crippen MR) is 58.4 cm³/mol. The average molecular weight is 215 g/mol. The summed E-state index contributed by atoms with van der Waals surface area (Å²) >= 11 is 0. The lowest BCUT2D eigenvalue weighted by atomic mass is 10.1. The highest BCUT2D eigenvalue weighted by molar-refractivity contribution is 6.40. The summed E-state index contributed by atoms with van der Waals surface area (Å²) in [7, 11) is 0. The third-order valence-electron chi connectivity index (χ3n) is 2.28. The Bertz CT molecular complexity index is 590. The minimum Gasteiger partial charge on any atom is -0.475 e. The van der Waals surface area contributed by atoms with Gasteiger partial charge in [0.05, 0.1) is 5.52 Å². The molecule has 0 saturated carbocycles. The maximum absolute atomic E-state index is 11.2. The molecule has 0 aliphatic rings. The first kappa shape index (κ1) is 10.3. The Kier molecular flexibility index (Phi) is 2.40. The van der Waals surface area contributed by atoms with Crippen molar-refractivity contribution >= 4 is 22.7 Å². The minimum absolute atomic E-state index is 0.172. The summed E-state index contributed by atoms with van der Waals surface area (Å²) in [6, 6.07) is 8.30. The number of aryl methyl sites for hydroxylation is 1. The molecule has 1 aromatic heterocycles. The highest BCUT2D eigenvalue weighted by Crippen LogP contribution is 2.15. The first-order valence-electron chi connectivity index (χ1n) is 4.73. The molecule has 0 aliphatic carbocycles. The Morgan fingerprint density at radius 3 is 2.62 bits per heavy atom. The van der Waals surface area contributed by atoms with Crippen LogP contribution in [-0.4, -0.2) is 21.8 Å². The summed E-state index contributed by atoms with van der Waals surface area (Å²) in [4.78, 5) is 26.0. The predicted octanol–water partition coefficient (Wildman–Crippen LogP) is 1.81. The number of carboxylic acid groups (broad SMARTS) is 1. The van der Waals surface area contributed by atoms with Gasteiger partial charge in [-0.2, -0.15) is 0 Å². The van der Waals surface area contributed by atoms with E-state index in [1.54, 1.807) is 6.07 Å². The molecule has 80 valence electrons. The number of benzene rings is 1. The van der Waals surface area contributed by atoms with Crippen molar-refractivity contribution < 1.29 is 14.7 Å². The van der Waals surface area contributed by atoms with Crippen molar-refractivity contribution in [1.82, 2.24) is 4.98 Å². The topological polar surface area (TPSA) is 67.3 Å². The zero-order valence-electron chi connectivity index (χ0n) is 8.60. The molecule has 1 aromatic carbocycles. The second-order valence-corrected chi connectivity index (χ2v) is 3.49. The van der Waals surface area contributed by atoms with Crippen molar-refractivity contribution in [2.24, 2.45) is 0 Å². The van der Waals surface area contributed by atoms with Crippen LogP contribution in [0.15, 0.2) is 30.3 Å². The van der Waals surface area contributed by atoms with Crippen molar-refractivity contribution in [2.75, 3.05) is 0 Å². The summed E-state index contributed by atoms with van der Waals surface area (Å²) in [5, 5.41) is 9.35. The molecular formula is C12H9NO3. The van der Waals surface area contributed by atoms with Crippen molar-refractivity contribution in [2.45, 2.75) is 6.92 Å². The molecule has 0 aliphatic heterocycles. The van der Waals surface area contributed by atoms with Gasteiger partial charge in [0.1, 0.15) is 0 Å². The molecule has 0 atom stereocenters. The second-order valence-electron chi connectivity index (χ2n) is 3.49. The first-order valence-corrected chi connectivity index (χ1v) is 4.73. The summed E-state index contributed by atoms with van der Waals surface area (Å²) < 4.78 is 0. The van der Waals surface area contributed by atoms with Crippen LogP contribution < -0.4 is 0 Å². The fourth-order valence-corrected chi connectivity index (χ4v) is 1.49. The van der Waals surface area contributed by atoms with E-state index >= 15 is 0 Å². The van der Waals surface area contributed by atoms with E-state index in [0.29, 0.717) is 0 Å². The highest BCUT2D eigenvalue weighted by atomic mass is 16.4. The molecule has 0 spiro atoms. The van der Waals surface area contributed by atoms with E-state index in [1.165, 1.54) is 12.1 Å². The number of aliphatic carboxylic acids is 1. The summed E-state index contributed by atoms with van der Waals surface area (Å²) in [5.41, 5.74) is 1.80. The quantitative estimate of drug-likeness (QED) is 0.612. The van der Waals surface area contributed by atoms with Gasteiger partial charge in [0, 0.05) is 16.6 Å². The van der Waals surface area contributed by atoms with Crippen LogP contribution >= 0.6 is 0 Å². The number of nitrogens with zero attached hydrogens (tertiary/aromatic N) is 1. The van der Waals surface area contributed by atoms with Gasteiger partial charge in [-0.15, -0.1) is 0 Å². The Morgan fingerprint density at radius 1 is 1.19 bits per heavy atom. The molecular weight excluding hydrogens is 206 g/mol. The summed E-state index contributed by atoms with van der Waals surface area (Å²) in [6.07, 6.45) is 0. The maximum atomic E-state index is 11.2. The lowest BCUT2D eigenvalue weighted by Crippen LogP contribution is -2.12. The van der Waals surface area contributed by atoms with Crippen LogP contribution in [0.2, 0.25) is 0 Å². The summed E-state index contributed by atoms with van der Waals surface area (Å²) in [5.74, 6) is -2.35. The number of rotatable bonds is 2. The molecule has 0 bridgehead atoms. The van der Waals surface area contributed by atoms with E-state index in [0.717, 1.165) is 16.6 Å². The van der Waals surface area contributed by atoms with Gasteiger partial charge in [-0.25, -0.2) is 4.79 Å². The zero-order chi connectivity index (χ0) is 11.7.